The molecule has 4 N–H and O–H groups in total. The zero-order valence-corrected chi connectivity index (χ0v) is 20.2. The maximum Gasteiger partial charge on any atom is 0.511 e. The van der Waals surface area contributed by atoms with Crippen LogP contribution in [-0.4, -0.2) is 18.6 Å². The first-order valence-corrected chi connectivity index (χ1v) is 13.0. The topological polar surface area (TPSA) is 87.6 Å². The van der Waals surface area contributed by atoms with Crippen molar-refractivity contribution in [3.63, 3.8) is 0 Å². The summed E-state index contributed by atoms with van der Waals surface area (Å²) in [4.78, 5) is 11.8. The van der Waals surface area contributed by atoms with E-state index in [1.54, 1.807) is 0 Å². The van der Waals surface area contributed by atoms with Crippen molar-refractivity contribution in [2.24, 2.45) is 11.5 Å². The Morgan fingerprint density at radius 1 is 0.533 bits per heavy atom. The third-order valence-electron chi connectivity index (χ3n) is 5.68. The van der Waals surface area contributed by atoms with Crippen molar-refractivity contribution >= 4 is 6.16 Å². The minimum absolute atomic E-state index is 0.595. The highest BCUT2D eigenvalue weighted by molar-refractivity contribution is 5.60. The van der Waals surface area contributed by atoms with Crippen molar-refractivity contribution in [2.75, 3.05) is 0 Å². The molecule has 0 rings (SSSR count). The maximum atomic E-state index is 11.8. The molecule has 0 aliphatic rings. The van der Waals surface area contributed by atoms with Gasteiger partial charge in [-0.05, 0) is 25.7 Å². The smallest absolute Gasteiger partial charge is 0.415 e. The van der Waals surface area contributed by atoms with Crippen LogP contribution < -0.4 is 11.5 Å². The highest BCUT2D eigenvalue weighted by Gasteiger charge is 2.14. The zero-order valence-electron chi connectivity index (χ0n) is 20.2. The summed E-state index contributed by atoms with van der Waals surface area (Å²) >= 11 is 0. The quantitative estimate of drug-likeness (QED) is 0.106. The number of rotatable bonds is 22. The van der Waals surface area contributed by atoms with Gasteiger partial charge in [0.15, 0.2) is 12.5 Å². The van der Waals surface area contributed by atoms with E-state index < -0.39 is 18.6 Å². The molecular formula is C25H52N2O3. The van der Waals surface area contributed by atoms with Gasteiger partial charge in [0.1, 0.15) is 0 Å². The highest BCUT2D eigenvalue weighted by Crippen LogP contribution is 2.13. The van der Waals surface area contributed by atoms with Gasteiger partial charge in [0.05, 0.1) is 0 Å². The van der Waals surface area contributed by atoms with Crippen molar-refractivity contribution < 1.29 is 14.3 Å². The molecule has 0 aliphatic heterocycles. The lowest BCUT2D eigenvalue weighted by Crippen LogP contribution is -2.32. The Bertz CT molecular complexity index is 334. The van der Waals surface area contributed by atoms with E-state index in [1.807, 2.05) is 0 Å². The number of nitrogens with two attached hydrogens (primary N) is 2. The van der Waals surface area contributed by atoms with Crippen molar-refractivity contribution in [1.29, 1.82) is 0 Å². The maximum absolute atomic E-state index is 11.8. The first-order chi connectivity index (χ1) is 14.6. The fourth-order valence-electron chi connectivity index (χ4n) is 3.71. The summed E-state index contributed by atoms with van der Waals surface area (Å²) < 4.78 is 10.2. The van der Waals surface area contributed by atoms with Crippen LogP contribution in [-0.2, 0) is 9.47 Å². The van der Waals surface area contributed by atoms with Gasteiger partial charge in [0, 0.05) is 0 Å². The molecule has 0 bridgehead atoms. The Kier molecular flexibility index (Phi) is 22.2. The molecule has 0 fully saturated rings. The van der Waals surface area contributed by atoms with Crippen LogP contribution in [0.3, 0.4) is 0 Å². The predicted octanol–water partition coefficient (Wildman–Crippen LogP) is 7.55. The molecule has 0 aromatic rings. The standard InChI is InChI=1S/C25H52N2O3/c1-3-5-7-9-11-13-15-17-19-21-23(26)29-25(28)30-24(27)22-20-18-16-14-12-10-8-6-4-2/h23-24H,3-22,26-27H2,1-2H3. The summed E-state index contributed by atoms with van der Waals surface area (Å²) in [6.07, 6.45) is 22.1. The average molecular weight is 429 g/mol. The SMILES string of the molecule is CCCCCCCCCCCC(N)OC(=O)OC(N)CCCCCCCCCCC. The van der Waals surface area contributed by atoms with Crippen molar-refractivity contribution in [3.05, 3.63) is 0 Å². The third kappa shape index (κ3) is 21.9. The van der Waals surface area contributed by atoms with Crippen LogP contribution in [0.15, 0.2) is 0 Å². The number of hydrogen-bond acceptors (Lipinski definition) is 5. The molecule has 0 aromatic heterocycles. The Morgan fingerprint density at radius 3 is 1.10 bits per heavy atom. The molecule has 0 aromatic carbocycles. The van der Waals surface area contributed by atoms with Crippen LogP contribution in [0.25, 0.3) is 0 Å². The van der Waals surface area contributed by atoms with Crippen molar-refractivity contribution in [1.82, 2.24) is 0 Å². The van der Waals surface area contributed by atoms with Crippen LogP contribution in [0.1, 0.15) is 142 Å². The van der Waals surface area contributed by atoms with Gasteiger partial charge in [0.25, 0.3) is 0 Å². The number of unbranched alkanes of at least 4 members (excludes halogenated alkanes) is 16. The first-order valence-electron chi connectivity index (χ1n) is 13.0. The van der Waals surface area contributed by atoms with Crippen molar-refractivity contribution in [2.45, 2.75) is 155 Å². The van der Waals surface area contributed by atoms with Gasteiger partial charge in [0.2, 0.25) is 0 Å². The first kappa shape index (κ1) is 29.2. The molecule has 0 amide bonds. The Labute approximate surface area is 187 Å². The largest absolute Gasteiger partial charge is 0.511 e. The molecule has 0 spiro atoms. The monoisotopic (exact) mass is 428 g/mol. The lowest BCUT2D eigenvalue weighted by atomic mass is 10.1. The summed E-state index contributed by atoms with van der Waals surface area (Å²) in [6.45, 7) is 4.49. The number of carbonyl (C=O) groups excluding carboxylic acids is 1. The van der Waals surface area contributed by atoms with Gasteiger partial charge >= 0.3 is 6.16 Å². The Morgan fingerprint density at radius 2 is 0.800 bits per heavy atom. The predicted molar refractivity (Wildman–Crippen MR) is 127 cm³/mol. The molecule has 0 heterocycles. The van der Waals surface area contributed by atoms with E-state index in [0.29, 0.717) is 12.8 Å². The highest BCUT2D eigenvalue weighted by atomic mass is 16.7. The summed E-state index contributed by atoms with van der Waals surface area (Å²) in [5.41, 5.74) is 11.8. The van der Waals surface area contributed by atoms with E-state index in [4.69, 9.17) is 20.9 Å². The molecule has 30 heavy (non-hydrogen) atoms. The molecule has 0 radical (unpaired) electrons. The van der Waals surface area contributed by atoms with E-state index >= 15 is 0 Å². The van der Waals surface area contributed by atoms with E-state index in [-0.39, 0.29) is 0 Å². The molecule has 2 atom stereocenters. The molecular weight excluding hydrogens is 376 g/mol. The van der Waals surface area contributed by atoms with E-state index in [9.17, 15) is 4.79 Å². The van der Waals surface area contributed by atoms with Gasteiger partial charge in [-0.3, -0.25) is 11.5 Å². The average Bonchev–Trinajstić information content (AvgIpc) is 2.71. The Balaban J connectivity index is 3.47. The third-order valence-corrected chi connectivity index (χ3v) is 5.68. The van der Waals surface area contributed by atoms with Gasteiger partial charge in [-0.1, -0.05) is 117 Å². The van der Waals surface area contributed by atoms with Crippen molar-refractivity contribution in [3.8, 4) is 0 Å². The molecule has 0 saturated heterocycles. The van der Waals surface area contributed by atoms with Crippen LogP contribution in [0.5, 0.6) is 0 Å². The van der Waals surface area contributed by atoms with Crippen LogP contribution in [0.4, 0.5) is 4.79 Å². The summed E-state index contributed by atoms with van der Waals surface area (Å²) in [6, 6.07) is 0. The van der Waals surface area contributed by atoms with Gasteiger partial charge in [-0.15, -0.1) is 0 Å². The molecule has 180 valence electrons. The van der Waals surface area contributed by atoms with Crippen LogP contribution in [0, 0.1) is 0 Å². The zero-order chi connectivity index (χ0) is 22.3. The fraction of sp³-hybridized carbons (Fsp3) is 0.960. The Hall–Kier alpha value is -0.810. The molecule has 5 heteroatoms. The minimum atomic E-state index is -0.734. The second-order valence-corrected chi connectivity index (χ2v) is 8.80. The number of carbonyl (C=O) groups is 1. The van der Waals surface area contributed by atoms with Gasteiger partial charge < -0.3 is 9.47 Å². The number of hydrogen-bond donors (Lipinski definition) is 2. The van der Waals surface area contributed by atoms with Gasteiger partial charge in [-0.2, -0.15) is 0 Å². The van der Waals surface area contributed by atoms with E-state index in [1.165, 1.54) is 89.9 Å². The minimum Gasteiger partial charge on any atom is -0.415 e. The normalized spacial score (nSPS) is 13.2. The summed E-state index contributed by atoms with van der Waals surface area (Å²) in [5, 5.41) is 0. The van der Waals surface area contributed by atoms with Crippen LogP contribution >= 0.6 is 0 Å². The lowest BCUT2D eigenvalue weighted by Gasteiger charge is -2.16. The van der Waals surface area contributed by atoms with Gasteiger partial charge in [-0.25, -0.2) is 4.79 Å². The van der Waals surface area contributed by atoms with E-state index in [0.717, 1.165) is 25.7 Å². The second kappa shape index (κ2) is 22.9. The molecule has 0 aliphatic carbocycles. The fourth-order valence-corrected chi connectivity index (χ4v) is 3.71. The summed E-state index contributed by atoms with van der Waals surface area (Å²) in [7, 11) is 0. The van der Waals surface area contributed by atoms with E-state index in [2.05, 4.69) is 13.8 Å². The summed E-state index contributed by atoms with van der Waals surface area (Å²) in [5.74, 6) is 0. The molecule has 5 nitrogen and oxygen atoms in total. The molecule has 2 unspecified atom stereocenters. The lowest BCUT2D eigenvalue weighted by molar-refractivity contribution is -0.00356. The second-order valence-electron chi connectivity index (χ2n) is 8.80. The molecule has 0 saturated carbocycles. The van der Waals surface area contributed by atoms with Crippen LogP contribution in [0.2, 0.25) is 0 Å². The number of ether oxygens (including phenoxy) is 2.